The van der Waals surface area contributed by atoms with Crippen LogP contribution in [-0.4, -0.2) is 30.3 Å². The lowest BCUT2D eigenvalue weighted by atomic mass is 10.2. The minimum atomic E-state index is -0.753. The van der Waals surface area contributed by atoms with E-state index in [1.165, 1.54) is 12.1 Å². The van der Waals surface area contributed by atoms with Gasteiger partial charge in [-0.2, -0.15) is 0 Å². The van der Waals surface area contributed by atoms with E-state index in [0.717, 1.165) is 4.47 Å². The number of carbonyl (C=O) groups excluding carboxylic acids is 4. The van der Waals surface area contributed by atoms with Gasteiger partial charge in [0.1, 0.15) is 0 Å². The zero-order chi connectivity index (χ0) is 22.1. The number of hydrazine groups is 1. The minimum Gasteiger partial charge on any atom is -0.455 e. The highest BCUT2D eigenvalue weighted by molar-refractivity contribution is 9.10. The predicted molar refractivity (Wildman–Crippen MR) is 115 cm³/mol. The summed E-state index contributed by atoms with van der Waals surface area (Å²) in [6.07, 6.45) is -0.424. The van der Waals surface area contributed by atoms with E-state index < -0.39 is 30.3 Å². The highest BCUT2D eigenvalue weighted by Crippen LogP contribution is 2.25. The summed E-state index contributed by atoms with van der Waals surface area (Å²) < 4.78 is 5.57. The number of anilines is 1. The Morgan fingerprint density at radius 3 is 2.30 bits per heavy atom. The van der Waals surface area contributed by atoms with Crippen molar-refractivity contribution in [1.82, 2.24) is 10.9 Å². The predicted octanol–water partition coefficient (Wildman–Crippen LogP) is 3.48. The second-order valence-corrected chi connectivity index (χ2v) is 7.60. The summed E-state index contributed by atoms with van der Waals surface area (Å²) in [5.74, 6) is -2.48. The fourth-order valence-corrected chi connectivity index (χ4v) is 2.68. The SMILES string of the molecule is O=C(COC(=O)CCC(=O)Nc1cc(Cl)ccc1Cl)NNC(=O)c1ccc(Br)cc1. The highest BCUT2D eigenvalue weighted by atomic mass is 79.9. The maximum Gasteiger partial charge on any atom is 0.306 e. The molecule has 30 heavy (non-hydrogen) atoms. The van der Waals surface area contributed by atoms with Crippen molar-refractivity contribution < 1.29 is 23.9 Å². The van der Waals surface area contributed by atoms with Crippen LogP contribution in [0.1, 0.15) is 23.2 Å². The largest absolute Gasteiger partial charge is 0.455 e. The monoisotopic (exact) mass is 515 g/mol. The van der Waals surface area contributed by atoms with Gasteiger partial charge < -0.3 is 10.1 Å². The Morgan fingerprint density at radius 1 is 0.900 bits per heavy atom. The average Bonchev–Trinajstić information content (AvgIpc) is 2.72. The van der Waals surface area contributed by atoms with Gasteiger partial charge in [0, 0.05) is 21.5 Å². The van der Waals surface area contributed by atoms with Crippen LogP contribution in [0.25, 0.3) is 0 Å². The number of ether oxygens (including phenoxy) is 1. The Kier molecular flexibility index (Phi) is 9.10. The van der Waals surface area contributed by atoms with Gasteiger partial charge in [0.15, 0.2) is 6.61 Å². The van der Waals surface area contributed by atoms with E-state index in [1.54, 1.807) is 30.3 Å². The van der Waals surface area contributed by atoms with Crippen LogP contribution in [-0.2, 0) is 19.1 Å². The van der Waals surface area contributed by atoms with Gasteiger partial charge in [-0.1, -0.05) is 39.1 Å². The second-order valence-electron chi connectivity index (χ2n) is 5.84. The average molecular weight is 517 g/mol. The van der Waals surface area contributed by atoms with Crippen LogP contribution in [0.3, 0.4) is 0 Å². The van der Waals surface area contributed by atoms with E-state index in [1.807, 2.05) is 0 Å². The van der Waals surface area contributed by atoms with Gasteiger partial charge in [0.05, 0.1) is 17.1 Å². The van der Waals surface area contributed by atoms with Gasteiger partial charge in [-0.25, -0.2) is 0 Å². The van der Waals surface area contributed by atoms with Gasteiger partial charge >= 0.3 is 5.97 Å². The molecule has 2 rings (SSSR count). The van der Waals surface area contributed by atoms with Crippen LogP contribution in [0.4, 0.5) is 5.69 Å². The highest BCUT2D eigenvalue weighted by Gasteiger charge is 2.13. The van der Waals surface area contributed by atoms with Gasteiger partial charge in [-0.3, -0.25) is 30.0 Å². The zero-order valence-electron chi connectivity index (χ0n) is 15.3. The van der Waals surface area contributed by atoms with Crippen molar-refractivity contribution in [3.8, 4) is 0 Å². The number of carbonyl (C=O) groups is 4. The van der Waals surface area contributed by atoms with E-state index in [9.17, 15) is 19.2 Å². The lowest BCUT2D eigenvalue weighted by Gasteiger charge is -2.09. The Balaban J connectivity index is 1.66. The van der Waals surface area contributed by atoms with Crippen LogP contribution in [0.2, 0.25) is 10.0 Å². The number of esters is 1. The molecule has 0 unspecified atom stereocenters. The molecule has 2 aromatic rings. The maximum absolute atomic E-state index is 11.9. The molecular formula is C19H16BrCl2N3O5. The molecule has 0 fully saturated rings. The quantitative estimate of drug-likeness (QED) is 0.385. The number of nitrogens with one attached hydrogen (secondary N) is 3. The summed E-state index contributed by atoms with van der Waals surface area (Å²) in [5, 5.41) is 3.23. The molecule has 3 amide bonds. The Bertz CT molecular complexity index is 954. The van der Waals surface area contributed by atoms with Gasteiger partial charge in [0.2, 0.25) is 5.91 Å². The lowest BCUT2D eigenvalue weighted by Crippen LogP contribution is -2.43. The number of halogens is 3. The third kappa shape index (κ3) is 8.02. The Morgan fingerprint density at radius 2 is 1.60 bits per heavy atom. The van der Waals surface area contributed by atoms with Gasteiger partial charge in [-0.15, -0.1) is 0 Å². The molecule has 11 heteroatoms. The van der Waals surface area contributed by atoms with E-state index in [2.05, 4.69) is 32.1 Å². The van der Waals surface area contributed by atoms with E-state index in [0.29, 0.717) is 21.3 Å². The standard InChI is InChI=1S/C19H16BrCl2N3O5/c20-12-3-1-11(2-4-12)19(29)25-24-17(27)10-30-18(28)8-7-16(26)23-15-9-13(21)5-6-14(15)22/h1-6,9H,7-8,10H2,(H,23,26)(H,24,27)(H,25,29). The van der Waals surface area contributed by atoms with Crippen molar-refractivity contribution in [2.24, 2.45) is 0 Å². The minimum absolute atomic E-state index is 0.177. The summed E-state index contributed by atoms with van der Waals surface area (Å²) >= 11 is 15.0. The first-order valence-corrected chi connectivity index (χ1v) is 10.0. The topological polar surface area (TPSA) is 114 Å². The molecule has 0 atom stereocenters. The molecule has 0 heterocycles. The fraction of sp³-hybridized carbons (Fsp3) is 0.158. The summed E-state index contributed by atoms with van der Waals surface area (Å²) in [6, 6.07) is 11.1. The number of hydrogen-bond acceptors (Lipinski definition) is 5. The third-order valence-corrected chi connectivity index (χ3v) is 4.64. The normalized spacial score (nSPS) is 10.1. The molecule has 0 radical (unpaired) electrons. The number of benzene rings is 2. The zero-order valence-corrected chi connectivity index (χ0v) is 18.4. The van der Waals surface area contributed by atoms with E-state index in [4.69, 9.17) is 27.9 Å². The number of hydrogen-bond donors (Lipinski definition) is 3. The molecule has 0 spiro atoms. The molecule has 0 aromatic heterocycles. The van der Waals surface area contributed by atoms with Crippen LogP contribution in [0.5, 0.6) is 0 Å². The van der Waals surface area contributed by atoms with E-state index in [-0.39, 0.29) is 12.8 Å². The molecule has 0 bridgehead atoms. The first kappa shape index (κ1) is 23.7. The fourth-order valence-electron chi connectivity index (χ4n) is 2.08. The molecule has 0 aliphatic carbocycles. The van der Waals surface area contributed by atoms with Crippen LogP contribution >= 0.6 is 39.1 Å². The summed E-state index contributed by atoms with van der Waals surface area (Å²) in [7, 11) is 0. The first-order valence-electron chi connectivity index (χ1n) is 8.50. The Labute approximate surface area is 190 Å². The summed E-state index contributed by atoms with van der Waals surface area (Å²) in [4.78, 5) is 47.1. The molecule has 2 aromatic carbocycles. The molecule has 8 nitrogen and oxygen atoms in total. The van der Waals surface area contributed by atoms with Crippen molar-refractivity contribution in [1.29, 1.82) is 0 Å². The molecule has 0 aliphatic rings. The van der Waals surface area contributed by atoms with Gasteiger partial charge in [0.25, 0.3) is 11.8 Å². The summed E-state index contributed by atoms with van der Waals surface area (Å²) in [6.45, 7) is -0.610. The van der Waals surface area contributed by atoms with Crippen molar-refractivity contribution >= 4 is 68.5 Å². The molecular weight excluding hydrogens is 501 g/mol. The van der Waals surface area contributed by atoms with E-state index >= 15 is 0 Å². The Hall–Kier alpha value is -2.62. The first-order chi connectivity index (χ1) is 14.2. The lowest BCUT2D eigenvalue weighted by molar-refractivity contribution is -0.149. The second kappa shape index (κ2) is 11.5. The number of rotatable bonds is 7. The van der Waals surface area contributed by atoms with Crippen molar-refractivity contribution in [3.63, 3.8) is 0 Å². The number of amides is 3. The summed E-state index contributed by atoms with van der Waals surface area (Å²) in [5.41, 5.74) is 4.98. The van der Waals surface area contributed by atoms with Crippen molar-refractivity contribution in [2.45, 2.75) is 12.8 Å². The third-order valence-electron chi connectivity index (χ3n) is 3.54. The molecule has 3 N–H and O–H groups in total. The molecule has 0 saturated carbocycles. The van der Waals surface area contributed by atoms with Crippen molar-refractivity contribution in [2.75, 3.05) is 11.9 Å². The van der Waals surface area contributed by atoms with Crippen LogP contribution < -0.4 is 16.2 Å². The van der Waals surface area contributed by atoms with Gasteiger partial charge in [-0.05, 0) is 42.5 Å². The maximum atomic E-state index is 11.9. The smallest absolute Gasteiger partial charge is 0.306 e. The molecule has 0 aliphatic heterocycles. The molecule has 0 saturated heterocycles. The molecule has 158 valence electrons. The van der Waals surface area contributed by atoms with Crippen LogP contribution in [0, 0.1) is 0 Å². The van der Waals surface area contributed by atoms with Crippen molar-refractivity contribution in [3.05, 3.63) is 62.5 Å². The van der Waals surface area contributed by atoms with Crippen LogP contribution in [0.15, 0.2) is 46.9 Å².